The number of benzene rings is 1. The minimum atomic E-state index is -0.249. The van der Waals surface area contributed by atoms with Gasteiger partial charge in [0.2, 0.25) is 0 Å². The van der Waals surface area contributed by atoms with Crippen LogP contribution in [0.1, 0.15) is 43.5 Å². The van der Waals surface area contributed by atoms with Crippen molar-refractivity contribution in [2.24, 2.45) is 5.92 Å². The summed E-state index contributed by atoms with van der Waals surface area (Å²) in [6.45, 7) is 4.51. The van der Waals surface area contributed by atoms with Crippen molar-refractivity contribution in [3.63, 3.8) is 0 Å². The first-order chi connectivity index (χ1) is 8.70. The van der Waals surface area contributed by atoms with Gasteiger partial charge in [0.05, 0.1) is 12.2 Å². The molecule has 1 aliphatic carbocycles. The van der Waals surface area contributed by atoms with Crippen molar-refractivity contribution in [2.75, 3.05) is 11.9 Å². The van der Waals surface area contributed by atoms with Gasteiger partial charge in [-0.3, -0.25) is 0 Å². The number of carbonyl (C=O) groups is 1. The van der Waals surface area contributed by atoms with E-state index in [0.29, 0.717) is 24.1 Å². The molecule has 0 heterocycles. The first-order valence-electron chi connectivity index (χ1n) is 6.74. The van der Waals surface area contributed by atoms with E-state index in [1.165, 1.54) is 19.3 Å². The summed E-state index contributed by atoms with van der Waals surface area (Å²) in [4.78, 5) is 11.6. The van der Waals surface area contributed by atoms with Crippen molar-refractivity contribution in [1.29, 1.82) is 0 Å². The normalized spacial score (nSPS) is 22.8. The molecule has 1 aromatic rings. The van der Waals surface area contributed by atoms with E-state index < -0.39 is 0 Å². The Kier molecular flexibility index (Phi) is 4.24. The number of anilines is 1. The molecule has 18 heavy (non-hydrogen) atoms. The summed E-state index contributed by atoms with van der Waals surface area (Å²) in [5.74, 6) is 0.455. The predicted octanol–water partition coefficient (Wildman–Crippen LogP) is 3.46. The second kappa shape index (κ2) is 5.89. The number of hydrogen-bond donors (Lipinski definition) is 1. The Labute approximate surface area is 109 Å². The van der Waals surface area contributed by atoms with Crippen LogP contribution >= 0.6 is 0 Å². The van der Waals surface area contributed by atoms with Crippen LogP contribution in [0.3, 0.4) is 0 Å². The van der Waals surface area contributed by atoms with Crippen molar-refractivity contribution in [1.82, 2.24) is 0 Å². The average Bonchev–Trinajstić information content (AvgIpc) is 2.76. The van der Waals surface area contributed by atoms with Gasteiger partial charge in [-0.1, -0.05) is 19.4 Å². The molecule has 3 heteroatoms. The Morgan fingerprint density at radius 2 is 2.28 bits per heavy atom. The highest BCUT2D eigenvalue weighted by atomic mass is 16.5. The van der Waals surface area contributed by atoms with Crippen LogP contribution in [0, 0.1) is 5.92 Å². The van der Waals surface area contributed by atoms with Gasteiger partial charge in [-0.15, -0.1) is 0 Å². The van der Waals surface area contributed by atoms with Gasteiger partial charge in [0.15, 0.2) is 0 Å². The minimum Gasteiger partial charge on any atom is -0.462 e. The van der Waals surface area contributed by atoms with Gasteiger partial charge in [-0.25, -0.2) is 4.79 Å². The smallest absolute Gasteiger partial charge is 0.338 e. The molecule has 0 spiro atoms. The molecule has 3 nitrogen and oxygen atoms in total. The number of hydrogen-bond acceptors (Lipinski definition) is 3. The van der Waals surface area contributed by atoms with Gasteiger partial charge in [-0.05, 0) is 43.9 Å². The van der Waals surface area contributed by atoms with E-state index in [4.69, 9.17) is 4.74 Å². The maximum absolute atomic E-state index is 11.6. The largest absolute Gasteiger partial charge is 0.462 e. The summed E-state index contributed by atoms with van der Waals surface area (Å²) in [7, 11) is 0. The van der Waals surface area contributed by atoms with Crippen LogP contribution < -0.4 is 5.32 Å². The van der Waals surface area contributed by atoms with Crippen molar-refractivity contribution >= 4 is 11.7 Å². The zero-order chi connectivity index (χ0) is 13.0. The Bertz CT molecular complexity index is 417. The monoisotopic (exact) mass is 247 g/mol. The van der Waals surface area contributed by atoms with Crippen LogP contribution in [0.25, 0.3) is 0 Å². The third-order valence-corrected chi connectivity index (χ3v) is 3.59. The Balaban J connectivity index is 2.05. The van der Waals surface area contributed by atoms with E-state index >= 15 is 0 Å². The maximum atomic E-state index is 11.6. The van der Waals surface area contributed by atoms with E-state index in [1.54, 1.807) is 6.07 Å². The molecule has 1 aliphatic rings. The van der Waals surface area contributed by atoms with Gasteiger partial charge in [0.25, 0.3) is 0 Å². The third-order valence-electron chi connectivity index (χ3n) is 3.59. The molecule has 1 fully saturated rings. The molecule has 0 bridgehead atoms. The van der Waals surface area contributed by atoms with E-state index in [0.717, 1.165) is 5.69 Å². The van der Waals surface area contributed by atoms with Crippen LogP contribution in [0.5, 0.6) is 0 Å². The molecular formula is C15H21NO2. The molecule has 2 unspecified atom stereocenters. The van der Waals surface area contributed by atoms with E-state index in [-0.39, 0.29) is 5.97 Å². The summed E-state index contributed by atoms with van der Waals surface area (Å²) < 4.78 is 5.01. The second-order valence-electron chi connectivity index (χ2n) is 4.96. The number of ether oxygens (including phenoxy) is 1. The zero-order valence-electron chi connectivity index (χ0n) is 11.1. The quantitative estimate of drug-likeness (QED) is 0.828. The summed E-state index contributed by atoms with van der Waals surface area (Å²) >= 11 is 0. The van der Waals surface area contributed by atoms with Crippen molar-refractivity contribution in [3.05, 3.63) is 29.8 Å². The first kappa shape index (κ1) is 12.9. The highest BCUT2D eigenvalue weighted by Crippen LogP contribution is 2.28. The SMILES string of the molecule is CCOC(=O)c1cccc(NC2CCCC2C)c1. The van der Waals surface area contributed by atoms with Crippen LogP contribution in [-0.2, 0) is 4.74 Å². The molecule has 2 atom stereocenters. The molecule has 0 aliphatic heterocycles. The topological polar surface area (TPSA) is 38.3 Å². The molecular weight excluding hydrogens is 226 g/mol. The molecule has 1 aromatic carbocycles. The fourth-order valence-electron chi connectivity index (χ4n) is 2.52. The van der Waals surface area contributed by atoms with Crippen LogP contribution in [0.2, 0.25) is 0 Å². The average molecular weight is 247 g/mol. The van der Waals surface area contributed by atoms with Gasteiger partial charge in [-0.2, -0.15) is 0 Å². The van der Waals surface area contributed by atoms with E-state index in [1.807, 2.05) is 25.1 Å². The predicted molar refractivity (Wildman–Crippen MR) is 72.8 cm³/mol. The van der Waals surface area contributed by atoms with Crippen LogP contribution in [0.15, 0.2) is 24.3 Å². The Morgan fingerprint density at radius 3 is 2.94 bits per heavy atom. The fourth-order valence-corrected chi connectivity index (χ4v) is 2.52. The third kappa shape index (κ3) is 3.03. The van der Waals surface area contributed by atoms with Crippen molar-refractivity contribution in [2.45, 2.75) is 39.2 Å². The van der Waals surface area contributed by atoms with Crippen molar-refractivity contribution < 1.29 is 9.53 Å². The molecule has 0 radical (unpaired) electrons. The Hall–Kier alpha value is -1.51. The van der Waals surface area contributed by atoms with Gasteiger partial charge < -0.3 is 10.1 Å². The molecule has 1 saturated carbocycles. The number of rotatable bonds is 4. The molecule has 2 rings (SSSR count). The van der Waals surface area contributed by atoms with Gasteiger partial charge in [0, 0.05) is 11.7 Å². The van der Waals surface area contributed by atoms with Gasteiger partial charge in [0.1, 0.15) is 0 Å². The highest BCUT2D eigenvalue weighted by Gasteiger charge is 2.23. The highest BCUT2D eigenvalue weighted by molar-refractivity contribution is 5.90. The minimum absolute atomic E-state index is 0.249. The van der Waals surface area contributed by atoms with E-state index in [2.05, 4.69) is 12.2 Å². The summed E-state index contributed by atoms with van der Waals surface area (Å²) in [5, 5.41) is 3.52. The molecule has 1 N–H and O–H groups in total. The maximum Gasteiger partial charge on any atom is 0.338 e. The van der Waals surface area contributed by atoms with E-state index in [9.17, 15) is 4.79 Å². The fraction of sp³-hybridized carbons (Fsp3) is 0.533. The van der Waals surface area contributed by atoms with Crippen LogP contribution in [-0.4, -0.2) is 18.6 Å². The number of nitrogens with one attached hydrogen (secondary N) is 1. The van der Waals surface area contributed by atoms with Gasteiger partial charge >= 0.3 is 5.97 Å². The molecule has 0 aromatic heterocycles. The molecule has 0 saturated heterocycles. The lowest BCUT2D eigenvalue weighted by Gasteiger charge is -2.19. The second-order valence-corrected chi connectivity index (χ2v) is 4.96. The zero-order valence-corrected chi connectivity index (χ0v) is 11.1. The number of esters is 1. The first-order valence-corrected chi connectivity index (χ1v) is 6.74. The van der Waals surface area contributed by atoms with Crippen LogP contribution in [0.4, 0.5) is 5.69 Å². The summed E-state index contributed by atoms with van der Waals surface area (Å²) in [6, 6.07) is 8.11. The summed E-state index contributed by atoms with van der Waals surface area (Å²) in [6.07, 6.45) is 3.79. The molecule has 0 amide bonds. The van der Waals surface area contributed by atoms with Crippen molar-refractivity contribution in [3.8, 4) is 0 Å². The lowest BCUT2D eigenvalue weighted by Crippen LogP contribution is -2.21. The lowest BCUT2D eigenvalue weighted by molar-refractivity contribution is 0.0526. The molecule has 98 valence electrons. The lowest BCUT2D eigenvalue weighted by atomic mass is 10.1. The summed E-state index contributed by atoms with van der Waals surface area (Å²) in [5.41, 5.74) is 1.63. The standard InChI is InChI=1S/C15H21NO2/c1-3-18-15(17)12-7-5-8-13(10-12)16-14-9-4-6-11(14)2/h5,7-8,10-11,14,16H,3-4,6,9H2,1-2H3. The Morgan fingerprint density at radius 1 is 1.44 bits per heavy atom. The number of carbonyl (C=O) groups excluding carboxylic acids is 1.